The Bertz CT molecular complexity index is 450. The molecule has 104 valence electrons. The molecule has 1 heterocycles. The van der Waals surface area contributed by atoms with E-state index in [2.05, 4.69) is 21.2 Å². The standard InChI is InChI=1S/C15H21BrN2O/c1-15(2,11-4-6-12(16)7-5-11)14(19)18(3)13-8-9-17-10-13/h4-7,13,17H,8-10H2,1-3H3. The van der Waals surface area contributed by atoms with E-state index in [9.17, 15) is 4.79 Å². The third kappa shape index (κ3) is 3.00. The molecule has 0 aromatic heterocycles. The van der Waals surface area contributed by atoms with Crippen molar-refractivity contribution < 1.29 is 4.79 Å². The lowest BCUT2D eigenvalue weighted by atomic mass is 9.83. The summed E-state index contributed by atoms with van der Waals surface area (Å²) in [6.07, 6.45) is 1.04. The third-order valence-electron chi connectivity index (χ3n) is 4.00. The van der Waals surface area contributed by atoms with Crippen molar-refractivity contribution in [3.05, 3.63) is 34.3 Å². The molecule has 0 aliphatic carbocycles. The first kappa shape index (κ1) is 14.5. The molecule has 19 heavy (non-hydrogen) atoms. The number of likely N-dealkylation sites (N-methyl/N-ethyl adjacent to an activating group) is 1. The minimum Gasteiger partial charge on any atom is -0.341 e. The molecule has 1 aromatic carbocycles. The number of nitrogens with one attached hydrogen (secondary N) is 1. The fourth-order valence-electron chi connectivity index (χ4n) is 2.57. The highest BCUT2D eigenvalue weighted by Crippen LogP contribution is 2.28. The largest absolute Gasteiger partial charge is 0.341 e. The number of benzene rings is 1. The van der Waals surface area contributed by atoms with E-state index >= 15 is 0 Å². The zero-order chi connectivity index (χ0) is 14.0. The van der Waals surface area contributed by atoms with E-state index in [0.717, 1.165) is 29.5 Å². The number of hydrogen-bond acceptors (Lipinski definition) is 2. The third-order valence-corrected chi connectivity index (χ3v) is 4.53. The van der Waals surface area contributed by atoms with E-state index in [-0.39, 0.29) is 5.91 Å². The predicted octanol–water partition coefficient (Wildman–Crippen LogP) is 2.55. The summed E-state index contributed by atoms with van der Waals surface area (Å²) in [5, 5.41) is 3.31. The smallest absolute Gasteiger partial charge is 0.232 e. The highest BCUT2D eigenvalue weighted by Gasteiger charge is 2.35. The molecule has 0 spiro atoms. The molecular weight excluding hydrogens is 304 g/mol. The number of hydrogen-bond donors (Lipinski definition) is 1. The number of carbonyl (C=O) groups is 1. The molecule has 1 saturated heterocycles. The summed E-state index contributed by atoms with van der Waals surface area (Å²) in [6.45, 7) is 5.90. The molecule has 1 amide bonds. The molecule has 1 aliphatic rings. The Kier molecular flexibility index (Phi) is 4.31. The summed E-state index contributed by atoms with van der Waals surface area (Å²) in [7, 11) is 1.92. The van der Waals surface area contributed by atoms with E-state index in [0.29, 0.717) is 6.04 Å². The summed E-state index contributed by atoms with van der Waals surface area (Å²) < 4.78 is 1.04. The summed E-state index contributed by atoms with van der Waals surface area (Å²) in [4.78, 5) is 14.6. The van der Waals surface area contributed by atoms with Crippen molar-refractivity contribution in [2.45, 2.75) is 31.7 Å². The second-order valence-electron chi connectivity index (χ2n) is 5.69. The van der Waals surface area contributed by atoms with Crippen LogP contribution in [0.5, 0.6) is 0 Å². The van der Waals surface area contributed by atoms with Crippen molar-refractivity contribution in [2.75, 3.05) is 20.1 Å². The van der Waals surface area contributed by atoms with Gasteiger partial charge in [-0.05, 0) is 44.5 Å². The predicted molar refractivity (Wildman–Crippen MR) is 81.2 cm³/mol. The monoisotopic (exact) mass is 324 g/mol. The second-order valence-corrected chi connectivity index (χ2v) is 6.61. The van der Waals surface area contributed by atoms with Crippen LogP contribution in [0.15, 0.2) is 28.7 Å². The quantitative estimate of drug-likeness (QED) is 0.926. The van der Waals surface area contributed by atoms with Gasteiger partial charge in [0, 0.05) is 24.1 Å². The number of halogens is 1. The Morgan fingerprint density at radius 3 is 2.53 bits per heavy atom. The lowest BCUT2D eigenvalue weighted by molar-refractivity contribution is -0.136. The second kappa shape index (κ2) is 5.63. The lowest BCUT2D eigenvalue weighted by Gasteiger charge is -2.33. The molecule has 0 saturated carbocycles. The molecule has 1 N–H and O–H groups in total. The highest BCUT2D eigenvalue weighted by atomic mass is 79.9. The van der Waals surface area contributed by atoms with Gasteiger partial charge in [0.05, 0.1) is 5.41 Å². The minimum absolute atomic E-state index is 0.184. The summed E-state index contributed by atoms with van der Waals surface area (Å²) in [5.41, 5.74) is 0.566. The summed E-state index contributed by atoms with van der Waals surface area (Å²) in [5.74, 6) is 0.184. The van der Waals surface area contributed by atoms with E-state index in [4.69, 9.17) is 0 Å². The molecular formula is C15H21BrN2O. The van der Waals surface area contributed by atoms with Gasteiger partial charge in [0.15, 0.2) is 0 Å². The highest BCUT2D eigenvalue weighted by molar-refractivity contribution is 9.10. The topological polar surface area (TPSA) is 32.3 Å². The maximum atomic E-state index is 12.7. The maximum Gasteiger partial charge on any atom is 0.232 e. The molecule has 2 rings (SSSR count). The summed E-state index contributed by atoms with van der Waals surface area (Å²) >= 11 is 3.43. The van der Waals surface area contributed by atoms with Gasteiger partial charge in [-0.2, -0.15) is 0 Å². The molecule has 1 aromatic rings. The Labute approximate surface area is 123 Å². The number of amides is 1. The molecule has 1 aliphatic heterocycles. The lowest BCUT2D eigenvalue weighted by Crippen LogP contribution is -2.47. The first-order chi connectivity index (χ1) is 8.93. The number of carbonyl (C=O) groups excluding carboxylic acids is 1. The van der Waals surface area contributed by atoms with Gasteiger partial charge in [0.1, 0.15) is 0 Å². The first-order valence-electron chi connectivity index (χ1n) is 6.67. The van der Waals surface area contributed by atoms with Gasteiger partial charge in [-0.3, -0.25) is 4.79 Å². The van der Waals surface area contributed by atoms with Crippen molar-refractivity contribution in [3.63, 3.8) is 0 Å². The van der Waals surface area contributed by atoms with Gasteiger partial charge in [-0.15, -0.1) is 0 Å². The number of nitrogens with zero attached hydrogens (tertiary/aromatic N) is 1. The van der Waals surface area contributed by atoms with Crippen LogP contribution in [0.4, 0.5) is 0 Å². The van der Waals surface area contributed by atoms with Crippen LogP contribution in [-0.4, -0.2) is 37.0 Å². The fourth-order valence-corrected chi connectivity index (χ4v) is 2.83. The van der Waals surface area contributed by atoms with Gasteiger partial charge in [-0.25, -0.2) is 0 Å². The Hall–Kier alpha value is -0.870. The zero-order valence-corrected chi connectivity index (χ0v) is 13.3. The van der Waals surface area contributed by atoms with Gasteiger partial charge in [0.25, 0.3) is 0 Å². The molecule has 3 nitrogen and oxygen atoms in total. The molecule has 1 fully saturated rings. The molecule has 0 bridgehead atoms. The molecule has 1 atom stereocenters. The van der Waals surface area contributed by atoms with Crippen molar-refractivity contribution in [3.8, 4) is 0 Å². The van der Waals surface area contributed by atoms with Crippen LogP contribution in [0.2, 0.25) is 0 Å². The first-order valence-corrected chi connectivity index (χ1v) is 7.46. The average molecular weight is 325 g/mol. The summed E-state index contributed by atoms with van der Waals surface area (Å²) in [6, 6.07) is 8.33. The maximum absolute atomic E-state index is 12.7. The van der Waals surface area contributed by atoms with Crippen LogP contribution in [0.1, 0.15) is 25.8 Å². The van der Waals surface area contributed by atoms with Crippen LogP contribution in [0.25, 0.3) is 0 Å². The van der Waals surface area contributed by atoms with E-state index < -0.39 is 5.41 Å². The Morgan fingerprint density at radius 2 is 2.00 bits per heavy atom. The minimum atomic E-state index is -0.488. The van der Waals surface area contributed by atoms with Gasteiger partial charge in [0.2, 0.25) is 5.91 Å². The van der Waals surface area contributed by atoms with Crippen molar-refractivity contribution in [1.82, 2.24) is 10.2 Å². The van der Waals surface area contributed by atoms with Gasteiger partial charge in [-0.1, -0.05) is 28.1 Å². The normalized spacial score (nSPS) is 19.5. The Balaban J connectivity index is 2.18. The number of rotatable bonds is 3. The molecule has 4 heteroatoms. The Morgan fingerprint density at radius 1 is 1.37 bits per heavy atom. The van der Waals surface area contributed by atoms with Crippen LogP contribution in [-0.2, 0) is 10.2 Å². The van der Waals surface area contributed by atoms with Crippen LogP contribution < -0.4 is 5.32 Å². The van der Waals surface area contributed by atoms with Crippen LogP contribution in [0.3, 0.4) is 0 Å². The average Bonchev–Trinajstić information content (AvgIpc) is 2.91. The zero-order valence-electron chi connectivity index (χ0n) is 11.7. The van der Waals surface area contributed by atoms with E-state index in [1.807, 2.05) is 50.1 Å². The van der Waals surface area contributed by atoms with Crippen LogP contribution in [0, 0.1) is 0 Å². The van der Waals surface area contributed by atoms with Crippen molar-refractivity contribution in [2.24, 2.45) is 0 Å². The fraction of sp³-hybridized carbons (Fsp3) is 0.533. The SMILES string of the molecule is CN(C(=O)C(C)(C)c1ccc(Br)cc1)C1CCNC1. The molecule has 1 unspecified atom stereocenters. The van der Waals surface area contributed by atoms with E-state index in [1.165, 1.54) is 0 Å². The van der Waals surface area contributed by atoms with Crippen molar-refractivity contribution >= 4 is 21.8 Å². The molecule has 0 radical (unpaired) electrons. The van der Waals surface area contributed by atoms with Gasteiger partial charge >= 0.3 is 0 Å². The van der Waals surface area contributed by atoms with Gasteiger partial charge < -0.3 is 10.2 Å². The van der Waals surface area contributed by atoms with Crippen LogP contribution >= 0.6 is 15.9 Å². The van der Waals surface area contributed by atoms with Crippen molar-refractivity contribution in [1.29, 1.82) is 0 Å². The van der Waals surface area contributed by atoms with E-state index in [1.54, 1.807) is 0 Å².